The fraction of sp³-hybridized carbons (Fsp3) is 0.467. The number of sulfonamides is 1. The van der Waals surface area contributed by atoms with Crippen LogP contribution in [0.1, 0.15) is 24.5 Å². The maximum atomic E-state index is 12.8. The van der Waals surface area contributed by atoms with Crippen molar-refractivity contribution in [2.75, 3.05) is 20.1 Å². The van der Waals surface area contributed by atoms with Gasteiger partial charge in [-0.3, -0.25) is 0 Å². The van der Waals surface area contributed by atoms with Gasteiger partial charge in [-0.15, -0.1) is 0 Å². The molecule has 0 bridgehead atoms. The second-order valence-electron chi connectivity index (χ2n) is 5.38. The van der Waals surface area contributed by atoms with Crippen molar-refractivity contribution in [3.63, 3.8) is 0 Å². The first-order valence-electron chi connectivity index (χ1n) is 6.95. The second-order valence-corrected chi connectivity index (χ2v) is 7.72. The van der Waals surface area contributed by atoms with Crippen molar-refractivity contribution in [2.45, 2.75) is 31.7 Å². The van der Waals surface area contributed by atoms with Crippen molar-refractivity contribution in [3.05, 3.63) is 39.9 Å². The molecule has 1 heterocycles. The predicted molar refractivity (Wildman–Crippen MR) is 86.1 cm³/mol. The van der Waals surface area contributed by atoms with Gasteiger partial charge in [0.1, 0.15) is 0 Å². The lowest BCUT2D eigenvalue weighted by atomic mass is 10.1. The molecule has 0 atom stereocenters. The minimum atomic E-state index is -3.50. The molecule has 1 aliphatic rings. The van der Waals surface area contributed by atoms with Crippen LogP contribution in [-0.2, 0) is 16.6 Å². The van der Waals surface area contributed by atoms with Gasteiger partial charge in [0.2, 0.25) is 10.0 Å². The van der Waals surface area contributed by atoms with E-state index in [2.05, 4.69) is 5.32 Å². The molecule has 1 aliphatic heterocycles. The molecule has 116 valence electrons. The normalized spacial score (nSPS) is 16.9. The van der Waals surface area contributed by atoms with Gasteiger partial charge in [0.25, 0.3) is 0 Å². The van der Waals surface area contributed by atoms with E-state index in [9.17, 15) is 8.42 Å². The number of hydrogen-bond acceptors (Lipinski definition) is 3. The van der Waals surface area contributed by atoms with Gasteiger partial charge < -0.3 is 5.32 Å². The van der Waals surface area contributed by atoms with E-state index in [1.54, 1.807) is 6.07 Å². The Kier molecular flexibility index (Phi) is 5.09. The summed E-state index contributed by atoms with van der Waals surface area (Å²) < 4.78 is 27.2. The molecular formula is C15H21ClN2O2S. The predicted octanol–water partition coefficient (Wildman–Crippen LogP) is 2.71. The van der Waals surface area contributed by atoms with Crippen molar-refractivity contribution in [1.29, 1.82) is 0 Å². The van der Waals surface area contributed by atoms with Crippen LogP contribution in [0.4, 0.5) is 0 Å². The minimum Gasteiger partial charge on any atom is -0.316 e. The zero-order chi connectivity index (χ0) is 15.6. The average Bonchev–Trinajstić information content (AvgIpc) is 2.43. The molecule has 6 heteroatoms. The Bertz CT molecular complexity index is 668. The van der Waals surface area contributed by atoms with Crippen LogP contribution in [0, 0.1) is 6.92 Å². The van der Waals surface area contributed by atoms with E-state index in [1.807, 2.05) is 33.0 Å². The third kappa shape index (κ3) is 3.48. The molecule has 1 aromatic carbocycles. The number of nitrogens with one attached hydrogen (secondary N) is 1. The fourth-order valence-electron chi connectivity index (χ4n) is 2.46. The van der Waals surface area contributed by atoms with E-state index < -0.39 is 10.0 Å². The highest BCUT2D eigenvalue weighted by atomic mass is 35.5. The molecule has 1 aromatic rings. The summed E-state index contributed by atoms with van der Waals surface area (Å²) in [4.78, 5) is 0.313. The lowest BCUT2D eigenvalue weighted by Gasteiger charge is -2.26. The van der Waals surface area contributed by atoms with Gasteiger partial charge in [-0.1, -0.05) is 23.3 Å². The van der Waals surface area contributed by atoms with Crippen molar-refractivity contribution in [1.82, 2.24) is 9.62 Å². The summed E-state index contributed by atoms with van der Waals surface area (Å²) in [5.41, 5.74) is 2.91. The largest absolute Gasteiger partial charge is 0.316 e. The molecule has 1 N–H and O–H groups in total. The summed E-state index contributed by atoms with van der Waals surface area (Å²) >= 11 is 6.10. The topological polar surface area (TPSA) is 49.4 Å². The van der Waals surface area contributed by atoms with Gasteiger partial charge in [0.05, 0.1) is 4.90 Å². The molecule has 21 heavy (non-hydrogen) atoms. The van der Waals surface area contributed by atoms with E-state index in [1.165, 1.54) is 9.88 Å². The minimum absolute atomic E-state index is 0.313. The standard InChI is InChI=1S/C15H21ClN2O2S/c1-11-4-6-18(7-5-11)21(19,20)15-9-14(16)8-13(10-17-3)12(15)2/h4,8-9,17H,5-7,10H2,1-3H3. The first-order valence-corrected chi connectivity index (χ1v) is 8.77. The van der Waals surface area contributed by atoms with Crippen LogP contribution in [0.25, 0.3) is 0 Å². The van der Waals surface area contributed by atoms with Crippen LogP contribution < -0.4 is 5.32 Å². The van der Waals surface area contributed by atoms with E-state index in [4.69, 9.17) is 11.6 Å². The molecule has 0 radical (unpaired) electrons. The Balaban J connectivity index is 2.45. The molecule has 0 saturated carbocycles. The zero-order valence-electron chi connectivity index (χ0n) is 12.6. The number of nitrogens with zero attached hydrogens (tertiary/aromatic N) is 1. The molecule has 2 rings (SSSR count). The summed E-state index contributed by atoms with van der Waals surface area (Å²) in [5.74, 6) is 0. The number of benzene rings is 1. The van der Waals surface area contributed by atoms with Gasteiger partial charge in [-0.2, -0.15) is 4.31 Å². The number of halogens is 1. The van der Waals surface area contributed by atoms with Gasteiger partial charge in [-0.05, 0) is 50.6 Å². The lowest BCUT2D eigenvalue weighted by molar-refractivity contribution is 0.431. The van der Waals surface area contributed by atoms with Gasteiger partial charge in [-0.25, -0.2) is 8.42 Å². The molecule has 0 fully saturated rings. The van der Waals surface area contributed by atoms with E-state index in [0.717, 1.165) is 17.5 Å². The summed E-state index contributed by atoms with van der Waals surface area (Å²) in [5, 5.41) is 3.49. The highest BCUT2D eigenvalue weighted by Gasteiger charge is 2.28. The van der Waals surface area contributed by atoms with Gasteiger partial charge in [0, 0.05) is 24.7 Å². The van der Waals surface area contributed by atoms with Gasteiger partial charge >= 0.3 is 0 Å². The Labute approximate surface area is 131 Å². The van der Waals surface area contributed by atoms with Crippen molar-refractivity contribution < 1.29 is 8.42 Å². The van der Waals surface area contributed by atoms with Crippen LogP contribution in [0.3, 0.4) is 0 Å². The third-order valence-electron chi connectivity index (χ3n) is 3.82. The summed E-state index contributed by atoms with van der Waals surface area (Å²) in [7, 11) is -1.68. The van der Waals surface area contributed by atoms with Crippen LogP contribution in [-0.4, -0.2) is 32.9 Å². The second kappa shape index (κ2) is 6.48. The van der Waals surface area contributed by atoms with Crippen LogP contribution >= 0.6 is 11.6 Å². The highest BCUT2D eigenvalue weighted by Crippen LogP contribution is 2.28. The smallest absolute Gasteiger partial charge is 0.243 e. The average molecular weight is 329 g/mol. The van der Waals surface area contributed by atoms with Crippen LogP contribution in [0.5, 0.6) is 0 Å². The Morgan fingerprint density at radius 3 is 2.62 bits per heavy atom. The number of hydrogen-bond donors (Lipinski definition) is 1. The first kappa shape index (κ1) is 16.5. The molecule has 0 spiro atoms. The first-order chi connectivity index (χ1) is 9.86. The van der Waals surface area contributed by atoms with Gasteiger partial charge in [0.15, 0.2) is 0 Å². The highest BCUT2D eigenvalue weighted by molar-refractivity contribution is 7.89. The Hall–Kier alpha value is -0.880. The molecule has 4 nitrogen and oxygen atoms in total. The Morgan fingerprint density at radius 1 is 1.33 bits per heavy atom. The molecular weight excluding hydrogens is 308 g/mol. The molecule has 0 aliphatic carbocycles. The van der Waals surface area contributed by atoms with Crippen LogP contribution in [0.15, 0.2) is 28.7 Å². The molecule has 0 unspecified atom stereocenters. The van der Waals surface area contributed by atoms with Crippen molar-refractivity contribution in [3.8, 4) is 0 Å². The fourth-order valence-corrected chi connectivity index (χ4v) is 4.44. The summed E-state index contributed by atoms with van der Waals surface area (Å²) in [6, 6.07) is 3.36. The Morgan fingerprint density at radius 2 is 2.05 bits per heavy atom. The van der Waals surface area contributed by atoms with Crippen molar-refractivity contribution >= 4 is 21.6 Å². The lowest BCUT2D eigenvalue weighted by Crippen LogP contribution is -2.35. The SMILES string of the molecule is CNCc1cc(Cl)cc(S(=O)(=O)N2CC=C(C)CC2)c1C. The molecule has 0 saturated heterocycles. The van der Waals surface area contributed by atoms with E-state index in [0.29, 0.717) is 29.6 Å². The van der Waals surface area contributed by atoms with E-state index in [-0.39, 0.29) is 0 Å². The quantitative estimate of drug-likeness (QED) is 0.865. The maximum absolute atomic E-state index is 12.8. The monoisotopic (exact) mass is 328 g/mol. The van der Waals surface area contributed by atoms with Crippen molar-refractivity contribution in [2.24, 2.45) is 0 Å². The van der Waals surface area contributed by atoms with E-state index >= 15 is 0 Å². The third-order valence-corrected chi connectivity index (χ3v) is 6.03. The summed E-state index contributed by atoms with van der Waals surface area (Å²) in [6.07, 6.45) is 2.75. The molecule has 0 aromatic heterocycles. The van der Waals surface area contributed by atoms with Crippen LogP contribution in [0.2, 0.25) is 5.02 Å². The maximum Gasteiger partial charge on any atom is 0.243 e. The zero-order valence-corrected chi connectivity index (χ0v) is 14.2. The number of rotatable bonds is 4. The summed E-state index contributed by atoms with van der Waals surface area (Å²) in [6.45, 7) is 5.41. The molecule has 0 amide bonds.